The summed E-state index contributed by atoms with van der Waals surface area (Å²) in [5.41, 5.74) is 2.53. The molecule has 2 aromatic rings. The van der Waals surface area contributed by atoms with Crippen molar-refractivity contribution in [2.45, 2.75) is 33.3 Å². The van der Waals surface area contributed by atoms with Crippen molar-refractivity contribution in [2.24, 2.45) is 0 Å². The van der Waals surface area contributed by atoms with Gasteiger partial charge in [0.15, 0.2) is 0 Å². The second-order valence-electron chi connectivity index (χ2n) is 4.79. The summed E-state index contributed by atoms with van der Waals surface area (Å²) in [6, 6.07) is 6.24. The molecule has 3 heteroatoms. The van der Waals surface area contributed by atoms with Crippen LogP contribution in [0.25, 0.3) is 10.9 Å². The van der Waals surface area contributed by atoms with Crippen LogP contribution in [0.5, 0.6) is 5.75 Å². The first-order valence-corrected chi connectivity index (χ1v) is 6.68. The topological polar surface area (TPSA) is 37.0 Å². The molecule has 2 rings (SSSR count). The lowest BCUT2D eigenvalue weighted by atomic mass is 10.1. The van der Waals surface area contributed by atoms with Gasteiger partial charge in [-0.3, -0.25) is 0 Å². The van der Waals surface area contributed by atoms with Crippen LogP contribution >= 0.6 is 0 Å². The first kappa shape index (κ1) is 13.0. The van der Waals surface area contributed by atoms with Crippen LogP contribution in [0.2, 0.25) is 0 Å². The standard InChI is InChI=1S/C15H22N2O/c1-4-16-8-7-12-10-17-15-6-5-13(9-14(12)15)18-11(2)3/h5-6,9-11,16-17H,4,7-8H2,1-3H3. The smallest absolute Gasteiger partial charge is 0.120 e. The van der Waals surface area contributed by atoms with E-state index in [0.29, 0.717) is 0 Å². The highest BCUT2D eigenvalue weighted by molar-refractivity contribution is 5.84. The molecule has 1 aromatic carbocycles. The van der Waals surface area contributed by atoms with Crippen LogP contribution in [-0.2, 0) is 6.42 Å². The average molecular weight is 246 g/mol. The number of H-pyrrole nitrogens is 1. The maximum atomic E-state index is 5.74. The van der Waals surface area contributed by atoms with Crippen molar-refractivity contribution in [1.29, 1.82) is 0 Å². The monoisotopic (exact) mass is 246 g/mol. The third-order valence-electron chi connectivity index (χ3n) is 2.93. The van der Waals surface area contributed by atoms with E-state index in [2.05, 4.69) is 35.6 Å². The number of aromatic amines is 1. The molecule has 0 saturated heterocycles. The lowest BCUT2D eigenvalue weighted by Crippen LogP contribution is -2.15. The zero-order valence-corrected chi connectivity index (χ0v) is 11.4. The highest BCUT2D eigenvalue weighted by Gasteiger charge is 2.06. The number of fused-ring (bicyclic) bond motifs is 1. The molecule has 0 bridgehead atoms. The van der Waals surface area contributed by atoms with Gasteiger partial charge in [0.05, 0.1) is 6.10 Å². The number of benzene rings is 1. The van der Waals surface area contributed by atoms with Crippen LogP contribution in [0.15, 0.2) is 24.4 Å². The number of nitrogens with one attached hydrogen (secondary N) is 2. The van der Waals surface area contributed by atoms with Crippen molar-refractivity contribution in [2.75, 3.05) is 13.1 Å². The van der Waals surface area contributed by atoms with Gasteiger partial charge in [0.2, 0.25) is 0 Å². The first-order chi connectivity index (χ1) is 8.70. The van der Waals surface area contributed by atoms with E-state index in [0.717, 1.165) is 25.3 Å². The SMILES string of the molecule is CCNCCc1c[nH]c2ccc(OC(C)C)cc12. The molecule has 2 N–H and O–H groups in total. The average Bonchev–Trinajstić information content (AvgIpc) is 2.72. The molecule has 1 aromatic heterocycles. The molecule has 0 spiro atoms. The Hall–Kier alpha value is -1.48. The molecule has 0 unspecified atom stereocenters. The third kappa shape index (κ3) is 3.05. The van der Waals surface area contributed by atoms with Crippen LogP contribution in [0, 0.1) is 0 Å². The Bertz CT molecular complexity index is 502. The lowest BCUT2D eigenvalue weighted by Gasteiger charge is -2.09. The number of likely N-dealkylation sites (N-methyl/N-ethyl adjacent to an activating group) is 1. The van der Waals surface area contributed by atoms with Crippen molar-refractivity contribution >= 4 is 10.9 Å². The van der Waals surface area contributed by atoms with E-state index in [1.165, 1.54) is 16.5 Å². The van der Waals surface area contributed by atoms with E-state index in [9.17, 15) is 0 Å². The molecule has 0 aliphatic rings. The minimum absolute atomic E-state index is 0.214. The fourth-order valence-electron chi connectivity index (χ4n) is 2.11. The van der Waals surface area contributed by atoms with Gasteiger partial charge in [-0.1, -0.05) is 6.92 Å². The van der Waals surface area contributed by atoms with E-state index in [1.807, 2.05) is 19.9 Å². The van der Waals surface area contributed by atoms with E-state index in [4.69, 9.17) is 4.74 Å². The maximum Gasteiger partial charge on any atom is 0.120 e. The van der Waals surface area contributed by atoms with Gasteiger partial charge in [-0.15, -0.1) is 0 Å². The van der Waals surface area contributed by atoms with Gasteiger partial charge >= 0.3 is 0 Å². The van der Waals surface area contributed by atoms with Gasteiger partial charge in [-0.2, -0.15) is 0 Å². The van der Waals surface area contributed by atoms with Crippen molar-refractivity contribution in [3.8, 4) is 5.75 Å². The minimum atomic E-state index is 0.214. The molecule has 18 heavy (non-hydrogen) atoms. The van der Waals surface area contributed by atoms with Gasteiger partial charge in [0.25, 0.3) is 0 Å². The fraction of sp³-hybridized carbons (Fsp3) is 0.467. The molecule has 0 saturated carbocycles. The van der Waals surface area contributed by atoms with Crippen LogP contribution < -0.4 is 10.1 Å². The molecule has 1 heterocycles. The van der Waals surface area contributed by atoms with Gasteiger partial charge in [-0.05, 0) is 57.1 Å². The molecular formula is C15H22N2O. The zero-order valence-electron chi connectivity index (χ0n) is 11.4. The predicted molar refractivity (Wildman–Crippen MR) is 76.3 cm³/mol. The van der Waals surface area contributed by atoms with Crippen LogP contribution in [0.1, 0.15) is 26.3 Å². The quantitative estimate of drug-likeness (QED) is 0.768. The van der Waals surface area contributed by atoms with Gasteiger partial charge in [-0.25, -0.2) is 0 Å². The number of rotatable bonds is 6. The number of hydrogen-bond donors (Lipinski definition) is 2. The summed E-state index contributed by atoms with van der Waals surface area (Å²) in [4.78, 5) is 3.31. The number of ether oxygens (including phenoxy) is 1. The summed E-state index contributed by atoms with van der Waals surface area (Å²) in [5, 5.41) is 4.62. The molecule has 0 atom stereocenters. The fourth-order valence-corrected chi connectivity index (χ4v) is 2.11. The molecule has 0 aliphatic carbocycles. The zero-order chi connectivity index (χ0) is 13.0. The highest BCUT2D eigenvalue weighted by Crippen LogP contribution is 2.24. The van der Waals surface area contributed by atoms with Crippen molar-refractivity contribution in [3.63, 3.8) is 0 Å². The van der Waals surface area contributed by atoms with Crippen LogP contribution in [-0.4, -0.2) is 24.2 Å². The van der Waals surface area contributed by atoms with Crippen molar-refractivity contribution in [3.05, 3.63) is 30.0 Å². The lowest BCUT2D eigenvalue weighted by molar-refractivity contribution is 0.243. The Balaban J connectivity index is 2.20. The van der Waals surface area contributed by atoms with Crippen LogP contribution in [0.3, 0.4) is 0 Å². The van der Waals surface area contributed by atoms with Crippen molar-refractivity contribution < 1.29 is 4.74 Å². The summed E-state index contributed by atoms with van der Waals surface area (Å²) >= 11 is 0. The highest BCUT2D eigenvalue weighted by atomic mass is 16.5. The molecule has 0 amide bonds. The predicted octanol–water partition coefficient (Wildman–Crippen LogP) is 3.11. The van der Waals surface area contributed by atoms with Gasteiger partial charge in [0.1, 0.15) is 5.75 Å². The summed E-state index contributed by atoms with van der Waals surface area (Å²) in [7, 11) is 0. The van der Waals surface area contributed by atoms with E-state index < -0.39 is 0 Å². The molecular weight excluding hydrogens is 224 g/mol. The molecule has 0 radical (unpaired) electrons. The Labute approximate surface area is 109 Å². The van der Waals surface area contributed by atoms with Gasteiger partial charge < -0.3 is 15.0 Å². The minimum Gasteiger partial charge on any atom is -0.491 e. The molecule has 0 aliphatic heterocycles. The van der Waals surface area contributed by atoms with Crippen LogP contribution in [0.4, 0.5) is 0 Å². The van der Waals surface area contributed by atoms with E-state index in [1.54, 1.807) is 0 Å². The summed E-state index contributed by atoms with van der Waals surface area (Å²) in [6.07, 6.45) is 3.35. The summed E-state index contributed by atoms with van der Waals surface area (Å²) in [5.74, 6) is 0.946. The molecule has 3 nitrogen and oxygen atoms in total. The second kappa shape index (κ2) is 5.91. The normalized spacial score (nSPS) is 11.3. The van der Waals surface area contributed by atoms with Gasteiger partial charge in [0, 0.05) is 17.1 Å². The Morgan fingerprint density at radius 2 is 2.17 bits per heavy atom. The third-order valence-corrected chi connectivity index (χ3v) is 2.93. The second-order valence-corrected chi connectivity index (χ2v) is 4.79. The largest absolute Gasteiger partial charge is 0.491 e. The Morgan fingerprint density at radius 1 is 1.33 bits per heavy atom. The van der Waals surface area contributed by atoms with E-state index >= 15 is 0 Å². The maximum absolute atomic E-state index is 5.74. The first-order valence-electron chi connectivity index (χ1n) is 6.68. The number of aromatic nitrogens is 1. The Kier molecular flexibility index (Phi) is 4.26. The Morgan fingerprint density at radius 3 is 2.89 bits per heavy atom. The number of hydrogen-bond acceptors (Lipinski definition) is 2. The van der Waals surface area contributed by atoms with Crippen molar-refractivity contribution in [1.82, 2.24) is 10.3 Å². The summed E-state index contributed by atoms with van der Waals surface area (Å²) < 4.78 is 5.74. The van der Waals surface area contributed by atoms with E-state index in [-0.39, 0.29) is 6.10 Å². The molecule has 98 valence electrons. The molecule has 0 fully saturated rings. The summed E-state index contributed by atoms with van der Waals surface area (Å²) in [6.45, 7) is 8.26.